The number of aromatic nitrogens is 4. The van der Waals surface area contributed by atoms with E-state index in [-0.39, 0.29) is 29.8 Å². The third kappa shape index (κ3) is 3.21. The highest BCUT2D eigenvalue weighted by Gasteiger charge is 2.19. The van der Waals surface area contributed by atoms with Crippen LogP contribution in [0.1, 0.15) is 5.56 Å². The van der Waals surface area contributed by atoms with Crippen LogP contribution in [0.3, 0.4) is 0 Å². The zero-order valence-electron chi connectivity index (χ0n) is 11.8. The standard InChI is InChI=1S/C11H9Cl2N9O2/c12-6-2-1-3-7(13)5(6)4-22(11-9(15)18-24-20-11)21-16-10-8(14)17-23-19-10/h1-3H,4H2,(H2,14,17)(H2,15,18). The van der Waals surface area contributed by atoms with Gasteiger partial charge in [0.1, 0.15) is 0 Å². The van der Waals surface area contributed by atoms with E-state index in [0.717, 1.165) is 0 Å². The summed E-state index contributed by atoms with van der Waals surface area (Å²) in [5.41, 5.74) is 11.8. The first-order valence-corrected chi connectivity index (χ1v) is 7.10. The second kappa shape index (κ2) is 6.68. The van der Waals surface area contributed by atoms with Gasteiger partial charge in [-0.05, 0) is 32.8 Å². The van der Waals surface area contributed by atoms with Crippen LogP contribution >= 0.6 is 23.2 Å². The van der Waals surface area contributed by atoms with E-state index < -0.39 is 0 Å². The molecule has 0 amide bonds. The van der Waals surface area contributed by atoms with Gasteiger partial charge in [-0.3, -0.25) is 0 Å². The number of benzene rings is 1. The Hall–Kier alpha value is -2.92. The number of nitrogens with zero attached hydrogens (tertiary/aromatic N) is 7. The van der Waals surface area contributed by atoms with Crippen molar-refractivity contribution in [3.8, 4) is 0 Å². The highest BCUT2D eigenvalue weighted by molar-refractivity contribution is 6.36. The van der Waals surface area contributed by atoms with Crippen LogP contribution in [-0.2, 0) is 6.54 Å². The summed E-state index contributed by atoms with van der Waals surface area (Å²) in [5.74, 6) is 0.0779. The van der Waals surface area contributed by atoms with E-state index in [1.807, 2.05) is 0 Å². The predicted molar refractivity (Wildman–Crippen MR) is 84.6 cm³/mol. The fourth-order valence-electron chi connectivity index (χ4n) is 1.71. The number of rotatable bonds is 5. The highest BCUT2D eigenvalue weighted by atomic mass is 35.5. The molecule has 124 valence electrons. The first-order chi connectivity index (χ1) is 11.6. The van der Waals surface area contributed by atoms with Gasteiger partial charge in [0, 0.05) is 15.6 Å². The minimum Gasteiger partial charge on any atom is -0.378 e. The highest BCUT2D eigenvalue weighted by Crippen LogP contribution is 2.29. The lowest BCUT2D eigenvalue weighted by Gasteiger charge is -2.16. The molecule has 4 N–H and O–H groups in total. The molecule has 0 fully saturated rings. The van der Waals surface area contributed by atoms with Crippen molar-refractivity contribution in [3.63, 3.8) is 0 Å². The van der Waals surface area contributed by atoms with Crippen LogP contribution in [0.5, 0.6) is 0 Å². The molecule has 3 rings (SSSR count). The van der Waals surface area contributed by atoms with Crippen LogP contribution in [0.4, 0.5) is 23.3 Å². The van der Waals surface area contributed by atoms with Gasteiger partial charge in [-0.1, -0.05) is 34.5 Å². The van der Waals surface area contributed by atoms with E-state index in [9.17, 15) is 0 Å². The van der Waals surface area contributed by atoms with Crippen LogP contribution < -0.4 is 16.5 Å². The van der Waals surface area contributed by atoms with Crippen LogP contribution in [0, 0.1) is 0 Å². The monoisotopic (exact) mass is 369 g/mol. The van der Waals surface area contributed by atoms with E-state index in [2.05, 4.69) is 40.2 Å². The smallest absolute Gasteiger partial charge is 0.263 e. The van der Waals surface area contributed by atoms with Gasteiger partial charge in [0.05, 0.1) is 6.54 Å². The molecule has 11 nitrogen and oxygen atoms in total. The zero-order chi connectivity index (χ0) is 17.1. The fraction of sp³-hybridized carbons (Fsp3) is 0.0909. The summed E-state index contributed by atoms with van der Waals surface area (Å²) in [7, 11) is 0. The molecule has 13 heteroatoms. The normalized spacial score (nSPS) is 11.2. The minimum atomic E-state index is -0.0271. The van der Waals surface area contributed by atoms with Crippen LogP contribution in [0.25, 0.3) is 0 Å². The molecule has 3 aromatic rings. The van der Waals surface area contributed by atoms with E-state index in [1.54, 1.807) is 18.2 Å². The molecule has 0 aliphatic rings. The van der Waals surface area contributed by atoms with Crippen molar-refractivity contribution in [1.29, 1.82) is 0 Å². The predicted octanol–water partition coefficient (Wildman–Crippen LogP) is 2.63. The Morgan fingerprint density at radius 3 is 2.25 bits per heavy atom. The number of nitrogen functional groups attached to an aromatic ring is 2. The lowest BCUT2D eigenvalue weighted by Crippen LogP contribution is -2.17. The van der Waals surface area contributed by atoms with Gasteiger partial charge in [-0.2, -0.15) is 0 Å². The van der Waals surface area contributed by atoms with Crippen molar-refractivity contribution >= 4 is 46.5 Å². The van der Waals surface area contributed by atoms with Gasteiger partial charge in [0.25, 0.3) is 5.82 Å². The van der Waals surface area contributed by atoms with Crippen LogP contribution in [-0.4, -0.2) is 20.6 Å². The van der Waals surface area contributed by atoms with Crippen molar-refractivity contribution in [2.24, 2.45) is 10.3 Å². The van der Waals surface area contributed by atoms with Crippen molar-refractivity contribution in [1.82, 2.24) is 20.6 Å². The molecule has 1 aromatic carbocycles. The second-order valence-corrected chi connectivity index (χ2v) is 5.21. The first-order valence-electron chi connectivity index (χ1n) is 6.34. The van der Waals surface area contributed by atoms with Crippen molar-refractivity contribution in [2.75, 3.05) is 16.5 Å². The van der Waals surface area contributed by atoms with Gasteiger partial charge < -0.3 is 11.5 Å². The lowest BCUT2D eigenvalue weighted by molar-refractivity contribution is 0.308. The molecule has 0 aliphatic carbocycles. The Morgan fingerprint density at radius 1 is 1.00 bits per heavy atom. The zero-order valence-corrected chi connectivity index (χ0v) is 13.3. The van der Waals surface area contributed by atoms with E-state index in [4.69, 9.17) is 34.7 Å². The quantitative estimate of drug-likeness (QED) is 0.508. The topological polar surface area (TPSA) is 158 Å². The first kappa shape index (κ1) is 16.0. The van der Waals surface area contributed by atoms with Gasteiger partial charge in [-0.15, -0.1) is 5.11 Å². The van der Waals surface area contributed by atoms with Gasteiger partial charge >= 0.3 is 0 Å². The van der Waals surface area contributed by atoms with Gasteiger partial charge in [0.2, 0.25) is 17.5 Å². The summed E-state index contributed by atoms with van der Waals surface area (Å²) in [4.78, 5) is 0. The Bertz CT molecular complexity index is 858. The molecule has 0 spiro atoms. The maximum absolute atomic E-state index is 6.17. The minimum absolute atomic E-state index is 0.00313. The summed E-state index contributed by atoms with van der Waals surface area (Å²) in [6.45, 7) is 0.0889. The van der Waals surface area contributed by atoms with Crippen molar-refractivity contribution < 1.29 is 9.26 Å². The van der Waals surface area contributed by atoms with Gasteiger partial charge in [-0.25, -0.2) is 14.3 Å². The summed E-state index contributed by atoms with van der Waals surface area (Å²) in [6, 6.07) is 5.08. The largest absolute Gasteiger partial charge is 0.378 e. The van der Waals surface area contributed by atoms with Crippen LogP contribution in [0.15, 0.2) is 37.8 Å². The number of hydrogen-bond acceptors (Lipinski definition) is 10. The number of hydrogen-bond donors (Lipinski definition) is 2. The molecule has 0 saturated heterocycles. The number of nitrogens with two attached hydrogens (primary N) is 2. The summed E-state index contributed by atoms with van der Waals surface area (Å²) >= 11 is 12.3. The third-order valence-corrected chi connectivity index (χ3v) is 3.56. The summed E-state index contributed by atoms with van der Waals surface area (Å²) in [6.07, 6.45) is 0. The molecular formula is C11H9Cl2N9O2. The second-order valence-electron chi connectivity index (χ2n) is 4.39. The van der Waals surface area contributed by atoms with E-state index in [1.165, 1.54) is 5.01 Å². The number of halogens is 2. The van der Waals surface area contributed by atoms with Crippen molar-refractivity contribution in [2.45, 2.75) is 6.54 Å². The molecule has 0 aliphatic heterocycles. The molecular weight excluding hydrogens is 361 g/mol. The van der Waals surface area contributed by atoms with Crippen molar-refractivity contribution in [3.05, 3.63) is 33.8 Å². The Labute approximate surface area is 144 Å². The number of anilines is 3. The Morgan fingerprint density at radius 2 is 1.67 bits per heavy atom. The molecule has 2 heterocycles. The molecule has 0 unspecified atom stereocenters. The third-order valence-electron chi connectivity index (χ3n) is 2.85. The van der Waals surface area contributed by atoms with E-state index in [0.29, 0.717) is 15.6 Å². The molecule has 0 radical (unpaired) electrons. The summed E-state index contributed by atoms with van der Waals surface area (Å²) in [5, 5.41) is 24.0. The average molecular weight is 370 g/mol. The molecule has 0 atom stereocenters. The summed E-state index contributed by atoms with van der Waals surface area (Å²) < 4.78 is 9.02. The lowest BCUT2D eigenvalue weighted by atomic mass is 10.2. The maximum Gasteiger partial charge on any atom is 0.263 e. The van der Waals surface area contributed by atoms with E-state index >= 15 is 0 Å². The van der Waals surface area contributed by atoms with Gasteiger partial charge in [0.15, 0.2) is 0 Å². The fourth-order valence-corrected chi connectivity index (χ4v) is 2.23. The molecule has 24 heavy (non-hydrogen) atoms. The molecule has 0 saturated carbocycles. The Balaban J connectivity index is 1.95. The SMILES string of the molecule is Nc1nonc1N=NN(Cc1c(Cl)cccc1Cl)c1nonc1N. The average Bonchev–Trinajstić information content (AvgIpc) is 3.15. The molecule has 0 bridgehead atoms. The maximum atomic E-state index is 6.17. The van der Waals surface area contributed by atoms with Crippen LogP contribution in [0.2, 0.25) is 10.0 Å². The molecule has 2 aromatic heterocycles. The Kier molecular flexibility index (Phi) is 4.44.